The summed E-state index contributed by atoms with van der Waals surface area (Å²) in [7, 11) is 0. The van der Waals surface area contributed by atoms with E-state index in [9.17, 15) is 4.79 Å². The molecule has 0 aliphatic heterocycles. The predicted molar refractivity (Wildman–Crippen MR) is 99.9 cm³/mol. The van der Waals surface area contributed by atoms with Crippen LogP contribution in [0.1, 0.15) is 19.0 Å². The topological polar surface area (TPSA) is 57.8 Å². The first-order valence-electron chi connectivity index (χ1n) is 7.54. The van der Waals surface area contributed by atoms with Gasteiger partial charge in [0.2, 0.25) is 5.91 Å². The number of amides is 1. The third-order valence-electron chi connectivity index (χ3n) is 4.63. The highest BCUT2D eigenvalue weighted by molar-refractivity contribution is 7.14. The van der Waals surface area contributed by atoms with Gasteiger partial charge in [-0.15, -0.1) is 34.5 Å². The monoisotopic (exact) mass is 379 g/mol. The number of thiazole rings is 1. The van der Waals surface area contributed by atoms with E-state index in [-0.39, 0.29) is 5.91 Å². The van der Waals surface area contributed by atoms with Gasteiger partial charge in [0.1, 0.15) is 4.33 Å². The smallest absolute Gasteiger partial charge is 0.235 e. The zero-order chi connectivity index (χ0) is 17.1. The fourth-order valence-corrected chi connectivity index (χ4v) is 4.34. The van der Waals surface area contributed by atoms with Gasteiger partial charge >= 0.3 is 0 Å². The highest BCUT2D eigenvalue weighted by Gasteiger charge is 2.68. The molecular weight excluding hydrogens is 365 g/mol. The number of halogens is 2. The van der Waals surface area contributed by atoms with Gasteiger partial charge in [-0.05, 0) is 26.3 Å². The minimum atomic E-state index is -0.982. The van der Waals surface area contributed by atoms with Crippen molar-refractivity contribution in [3.8, 4) is 11.3 Å². The van der Waals surface area contributed by atoms with Crippen LogP contribution in [0.2, 0.25) is 0 Å². The van der Waals surface area contributed by atoms with E-state index in [1.807, 2.05) is 30.5 Å². The molecule has 1 fully saturated rings. The minimum absolute atomic E-state index is 0.191. The second-order valence-corrected chi connectivity index (χ2v) is 8.72. The van der Waals surface area contributed by atoms with Gasteiger partial charge in [0.15, 0.2) is 5.13 Å². The Labute approximate surface area is 153 Å². The number of nitrogens with zero attached hydrogens (tertiary/aromatic N) is 1. The molecule has 1 aliphatic rings. The van der Waals surface area contributed by atoms with Crippen LogP contribution in [0.5, 0.6) is 0 Å². The molecule has 0 bridgehead atoms. The van der Waals surface area contributed by atoms with Crippen molar-refractivity contribution in [2.45, 2.75) is 24.6 Å². The SMILES string of the molecule is Cc1[nH]c2ccccc2c1-c1csc(NC(=O)C2(C)CC2(Cl)Cl)n1. The second kappa shape index (κ2) is 5.22. The molecule has 1 atom stereocenters. The summed E-state index contributed by atoms with van der Waals surface area (Å²) >= 11 is 13.5. The van der Waals surface area contributed by atoms with Crippen LogP contribution < -0.4 is 5.32 Å². The lowest BCUT2D eigenvalue weighted by Gasteiger charge is -2.10. The van der Waals surface area contributed by atoms with E-state index in [1.54, 1.807) is 6.92 Å². The Morgan fingerprint density at radius 3 is 2.79 bits per heavy atom. The van der Waals surface area contributed by atoms with Crippen molar-refractivity contribution in [1.29, 1.82) is 0 Å². The molecule has 1 aromatic carbocycles. The fourth-order valence-electron chi connectivity index (χ4n) is 2.93. The lowest BCUT2D eigenvalue weighted by molar-refractivity contribution is -0.120. The van der Waals surface area contributed by atoms with Gasteiger partial charge in [-0.3, -0.25) is 4.79 Å². The Hall–Kier alpha value is -1.56. The molecule has 2 heterocycles. The summed E-state index contributed by atoms with van der Waals surface area (Å²) in [5.41, 5.74) is 3.27. The van der Waals surface area contributed by atoms with Crippen molar-refractivity contribution in [2.75, 3.05) is 5.32 Å². The van der Waals surface area contributed by atoms with Crippen molar-refractivity contribution in [2.24, 2.45) is 5.41 Å². The number of para-hydroxylation sites is 1. The summed E-state index contributed by atoms with van der Waals surface area (Å²) in [5, 5.41) is 6.46. The summed E-state index contributed by atoms with van der Waals surface area (Å²) in [5.74, 6) is -0.191. The number of hydrogen-bond donors (Lipinski definition) is 2. The first-order chi connectivity index (χ1) is 11.3. The van der Waals surface area contributed by atoms with E-state index < -0.39 is 9.75 Å². The van der Waals surface area contributed by atoms with Crippen LogP contribution in [0.15, 0.2) is 29.6 Å². The number of hydrogen-bond acceptors (Lipinski definition) is 3. The van der Waals surface area contributed by atoms with E-state index >= 15 is 0 Å². The number of aryl methyl sites for hydroxylation is 1. The number of aromatic nitrogens is 2. The van der Waals surface area contributed by atoms with Crippen LogP contribution in [-0.4, -0.2) is 20.2 Å². The Morgan fingerprint density at radius 1 is 1.38 bits per heavy atom. The number of benzene rings is 1. The normalized spacial score (nSPS) is 21.8. The van der Waals surface area contributed by atoms with Crippen molar-refractivity contribution in [3.05, 3.63) is 35.3 Å². The molecule has 1 amide bonds. The molecule has 0 spiro atoms. The average Bonchev–Trinajstić information content (AvgIpc) is 2.86. The summed E-state index contributed by atoms with van der Waals surface area (Å²) < 4.78 is -0.982. The molecule has 2 N–H and O–H groups in total. The number of aromatic amines is 1. The van der Waals surface area contributed by atoms with E-state index in [0.717, 1.165) is 27.9 Å². The Balaban J connectivity index is 1.63. The van der Waals surface area contributed by atoms with Gasteiger partial charge < -0.3 is 10.3 Å². The molecule has 0 radical (unpaired) electrons. The van der Waals surface area contributed by atoms with Crippen LogP contribution in [0.4, 0.5) is 5.13 Å². The summed E-state index contributed by atoms with van der Waals surface area (Å²) in [6.07, 6.45) is 0.453. The summed E-state index contributed by atoms with van der Waals surface area (Å²) in [4.78, 5) is 20.3. The highest BCUT2D eigenvalue weighted by Crippen LogP contribution is 2.64. The van der Waals surface area contributed by atoms with Crippen LogP contribution in [-0.2, 0) is 4.79 Å². The molecule has 24 heavy (non-hydrogen) atoms. The average molecular weight is 380 g/mol. The number of carbonyl (C=O) groups excluding carboxylic acids is 1. The zero-order valence-corrected chi connectivity index (χ0v) is 15.4. The molecule has 124 valence electrons. The number of carbonyl (C=O) groups is 1. The molecule has 2 aromatic heterocycles. The Morgan fingerprint density at radius 2 is 2.08 bits per heavy atom. The maximum Gasteiger partial charge on any atom is 0.235 e. The molecule has 1 aliphatic carbocycles. The Bertz CT molecular complexity index is 962. The number of rotatable bonds is 3. The van der Waals surface area contributed by atoms with Crippen LogP contribution >= 0.6 is 34.5 Å². The van der Waals surface area contributed by atoms with Crippen LogP contribution in [0.3, 0.4) is 0 Å². The van der Waals surface area contributed by atoms with Gasteiger partial charge in [0, 0.05) is 27.5 Å². The maximum atomic E-state index is 12.4. The molecule has 1 saturated carbocycles. The van der Waals surface area contributed by atoms with Crippen molar-refractivity contribution in [1.82, 2.24) is 9.97 Å². The van der Waals surface area contributed by atoms with Crippen molar-refractivity contribution < 1.29 is 4.79 Å². The van der Waals surface area contributed by atoms with E-state index in [2.05, 4.69) is 21.4 Å². The van der Waals surface area contributed by atoms with E-state index in [1.165, 1.54) is 11.3 Å². The third-order valence-corrected chi connectivity index (χ3v) is 6.49. The number of nitrogens with one attached hydrogen (secondary N) is 2. The molecular formula is C17H15Cl2N3OS. The van der Waals surface area contributed by atoms with Crippen LogP contribution in [0, 0.1) is 12.3 Å². The lowest BCUT2D eigenvalue weighted by atomic mass is 10.1. The number of fused-ring (bicyclic) bond motifs is 1. The second-order valence-electron chi connectivity index (χ2n) is 6.38. The maximum absolute atomic E-state index is 12.4. The fraction of sp³-hybridized carbons (Fsp3) is 0.294. The Kier molecular flexibility index (Phi) is 3.46. The quantitative estimate of drug-likeness (QED) is 0.620. The van der Waals surface area contributed by atoms with Crippen LogP contribution in [0.25, 0.3) is 22.2 Å². The summed E-state index contributed by atoms with van der Waals surface area (Å²) in [6.45, 7) is 3.79. The first-order valence-corrected chi connectivity index (χ1v) is 9.18. The van der Waals surface area contributed by atoms with Crippen molar-refractivity contribution in [3.63, 3.8) is 0 Å². The van der Waals surface area contributed by atoms with Gasteiger partial charge in [-0.1, -0.05) is 18.2 Å². The molecule has 7 heteroatoms. The minimum Gasteiger partial charge on any atom is -0.358 e. The molecule has 4 nitrogen and oxygen atoms in total. The van der Waals surface area contributed by atoms with Gasteiger partial charge in [0.05, 0.1) is 11.1 Å². The first kappa shape index (κ1) is 15.9. The van der Waals surface area contributed by atoms with Gasteiger partial charge in [0.25, 0.3) is 0 Å². The zero-order valence-electron chi connectivity index (χ0n) is 13.1. The van der Waals surface area contributed by atoms with E-state index in [0.29, 0.717) is 11.6 Å². The van der Waals surface area contributed by atoms with Gasteiger partial charge in [-0.25, -0.2) is 4.98 Å². The predicted octanol–water partition coefficient (Wildman–Crippen LogP) is 5.12. The molecule has 0 saturated heterocycles. The number of H-pyrrole nitrogens is 1. The summed E-state index contributed by atoms with van der Waals surface area (Å²) in [6, 6.07) is 8.10. The highest BCUT2D eigenvalue weighted by atomic mass is 35.5. The molecule has 3 aromatic rings. The number of anilines is 1. The molecule has 1 unspecified atom stereocenters. The third kappa shape index (κ3) is 2.34. The standard InChI is InChI=1S/C17H15Cl2N3OS/c1-9-13(10-5-3-4-6-11(10)20-9)12-7-24-15(21-12)22-14(23)16(2)8-17(16,18)19/h3-7,20H,8H2,1-2H3,(H,21,22,23). The van der Waals surface area contributed by atoms with Gasteiger partial charge in [-0.2, -0.15) is 0 Å². The van der Waals surface area contributed by atoms with E-state index in [4.69, 9.17) is 23.2 Å². The largest absolute Gasteiger partial charge is 0.358 e. The lowest BCUT2D eigenvalue weighted by Crippen LogP contribution is -2.25. The van der Waals surface area contributed by atoms with Crippen molar-refractivity contribution >= 4 is 56.5 Å². The number of alkyl halides is 2. The molecule has 4 rings (SSSR count).